The third-order valence-corrected chi connectivity index (χ3v) is 7.73. The fourth-order valence-electron chi connectivity index (χ4n) is 4.20. The van der Waals surface area contributed by atoms with Crippen molar-refractivity contribution >= 4 is 51.7 Å². The van der Waals surface area contributed by atoms with Crippen molar-refractivity contribution in [3.8, 4) is 0 Å². The second-order valence-electron chi connectivity index (χ2n) is 7.81. The molecular weight excluding hydrogens is 412 g/mol. The number of carbonyl (C=O) groups excluding carboxylic acids is 1. The van der Waals surface area contributed by atoms with E-state index in [2.05, 4.69) is 53.2 Å². The van der Waals surface area contributed by atoms with Crippen molar-refractivity contribution in [2.75, 3.05) is 38.5 Å². The number of amides is 1. The quantitative estimate of drug-likeness (QED) is 0.741. The summed E-state index contributed by atoms with van der Waals surface area (Å²) in [7, 11) is 0. The zero-order valence-corrected chi connectivity index (χ0v) is 19.0. The average molecular weight is 441 g/mol. The summed E-state index contributed by atoms with van der Waals surface area (Å²) in [4.78, 5) is 17.2. The van der Waals surface area contributed by atoms with Crippen LogP contribution in [0.4, 0.5) is 0 Å². The molecule has 154 valence electrons. The minimum Gasteiger partial charge on any atom is -0.319 e. The van der Waals surface area contributed by atoms with E-state index in [0.29, 0.717) is 5.75 Å². The lowest BCUT2D eigenvalue weighted by atomic mass is 10.0. The topological polar surface area (TPSA) is 48.5 Å². The Hall–Kier alpha value is -0.860. The number of rotatable bonds is 6. The van der Waals surface area contributed by atoms with E-state index in [9.17, 15) is 4.79 Å². The lowest BCUT2D eigenvalue weighted by Gasteiger charge is -2.37. The first-order valence-corrected chi connectivity index (χ1v) is 11.6. The molecule has 2 aromatic rings. The molecule has 0 radical (unpaired) electrons. The first-order chi connectivity index (χ1) is 13.1. The maximum Gasteiger partial charge on any atom is 0.234 e. The molecule has 0 saturated carbocycles. The molecule has 2 saturated heterocycles. The van der Waals surface area contributed by atoms with E-state index in [-0.39, 0.29) is 29.2 Å². The molecule has 1 amide bonds. The number of nitrogens with zero attached hydrogens (tertiary/aromatic N) is 3. The number of nitrogens with one attached hydrogen (secondary N) is 1. The third kappa shape index (κ3) is 4.49. The molecule has 1 aromatic carbocycles. The first-order valence-electron chi connectivity index (χ1n) is 9.80. The van der Waals surface area contributed by atoms with Gasteiger partial charge >= 0.3 is 0 Å². The van der Waals surface area contributed by atoms with Gasteiger partial charge in [0.05, 0.1) is 27.1 Å². The normalized spacial score (nSPS) is 21.1. The minimum absolute atomic E-state index is 0. The summed E-state index contributed by atoms with van der Waals surface area (Å²) in [5.41, 5.74) is 1.08. The molecule has 1 aromatic heterocycles. The van der Waals surface area contributed by atoms with Crippen LogP contribution in [0.5, 0.6) is 0 Å². The van der Waals surface area contributed by atoms with Gasteiger partial charge in [-0.15, -0.1) is 24.2 Å². The molecule has 8 heteroatoms. The van der Waals surface area contributed by atoms with E-state index in [4.69, 9.17) is 4.37 Å². The maximum atomic E-state index is 12.8. The van der Waals surface area contributed by atoms with Gasteiger partial charge in [0.2, 0.25) is 5.91 Å². The van der Waals surface area contributed by atoms with E-state index in [1.165, 1.54) is 10.1 Å². The van der Waals surface area contributed by atoms with Crippen molar-refractivity contribution in [1.29, 1.82) is 0 Å². The van der Waals surface area contributed by atoms with Crippen LogP contribution < -0.4 is 5.32 Å². The highest BCUT2D eigenvalue weighted by Crippen LogP contribution is 2.44. The zero-order valence-electron chi connectivity index (χ0n) is 16.5. The number of thioether (sulfide) groups is 1. The predicted molar refractivity (Wildman–Crippen MR) is 122 cm³/mol. The molecule has 0 aliphatic carbocycles. The molecule has 4 rings (SSSR count). The van der Waals surface area contributed by atoms with Crippen LogP contribution in [-0.2, 0) is 4.79 Å². The summed E-state index contributed by atoms with van der Waals surface area (Å²) in [5, 5.41) is 4.62. The fourth-order valence-corrected chi connectivity index (χ4v) is 6.01. The Morgan fingerprint density at radius 1 is 1.25 bits per heavy atom. The number of aromatic nitrogens is 1. The largest absolute Gasteiger partial charge is 0.319 e. The maximum absolute atomic E-state index is 12.8. The van der Waals surface area contributed by atoms with Gasteiger partial charge in [-0.3, -0.25) is 4.79 Å². The molecule has 28 heavy (non-hydrogen) atoms. The second kappa shape index (κ2) is 9.30. The molecule has 2 fully saturated rings. The Balaban J connectivity index is 0.00000225. The summed E-state index contributed by atoms with van der Waals surface area (Å²) in [6, 6.07) is 8.47. The van der Waals surface area contributed by atoms with Crippen molar-refractivity contribution in [1.82, 2.24) is 19.5 Å². The van der Waals surface area contributed by atoms with Crippen molar-refractivity contribution in [2.24, 2.45) is 0 Å². The molecule has 1 unspecified atom stereocenters. The molecule has 3 heterocycles. The van der Waals surface area contributed by atoms with Gasteiger partial charge in [-0.25, -0.2) is 0 Å². The summed E-state index contributed by atoms with van der Waals surface area (Å²) in [5.74, 6) is 0.817. The summed E-state index contributed by atoms with van der Waals surface area (Å²) in [6.45, 7) is 9.82. The Morgan fingerprint density at radius 2 is 2.00 bits per heavy atom. The van der Waals surface area contributed by atoms with Crippen molar-refractivity contribution in [2.45, 2.75) is 37.6 Å². The minimum atomic E-state index is -0.179. The molecule has 0 bridgehead atoms. The lowest BCUT2D eigenvalue weighted by Crippen LogP contribution is -2.45. The van der Waals surface area contributed by atoms with E-state index in [1.54, 1.807) is 23.3 Å². The molecule has 2 aliphatic rings. The molecule has 2 aliphatic heterocycles. The number of piperazine rings is 1. The predicted octanol–water partition coefficient (Wildman–Crippen LogP) is 3.76. The number of halogens is 1. The van der Waals surface area contributed by atoms with E-state index >= 15 is 0 Å². The monoisotopic (exact) mass is 440 g/mol. The van der Waals surface area contributed by atoms with Crippen LogP contribution in [0.15, 0.2) is 24.3 Å². The molecule has 0 spiro atoms. The van der Waals surface area contributed by atoms with Crippen LogP contribution in [0.25, 0.3) is 10.1 Å². The first kappa shape index (κ1) is 21.8. The summed E-state index contributed by atoms with van der Waals surface area (Å²) < 4.78 is 6.03. The smallest absolute Gasteiger partial charge is 0.234 e. The van der Waals surface area contributed by atoms with Gasteiger partial charge in [-0.2, -0.15) is 4.37 Å². The Bertz CT molecular complexity index is 806. The van der Waals surface area contributed by atoms with Gasteiger partial charge in [-0.05, 0) is 50.8 Å². The third-order valence-electron chi connectivity index (χ3n) is 5.59. The molecule has 1 N–H and O–H groups in total. The highest BCUT2D eigenvalue weighted by atomic mass is 35.5. The van der Waals surface area contributed by atoms with Crippen LogP contribution in [-0.4, -0.2) is 63.4 Å². The van der Waals surface area contributed by atoms with E-state index in [0.717, 1.165) is 51.3 Å². The second-order valence-corrected chi connectivity index (χ2v) is 10.2. The number of benzene rings is 1. The van der Waals surface area contributed by atoms with Crippen molar-refractivity contribution < 1.29 is 4.79 Å². The standard InChI is InChI=1S/C20H28N4OS2.ClH/c1-20(2)24(18(25)14-26-20)16(7-5-11-23-12-9-21-10-13-23)19-15-6-3-4-8-17(15)27-22-19;/h3-4,6,8,16,21H,5,7,9-14H2,1-2H3;1H. The van der Waals surface area contributed by atoms with Crippen LogP contribution in [0.1, 0.15) is 38.4 Å². The molecular formula is C20H29ClN4OS2. The number of carbonyl (C=O) groups is 1. The zero-order chi connectivity index (χ0) is 18.9. The Kier molecular flexibility index (Phi) is 7.26. The van der Waals surface area contributed by atoms with Gasteiger partial charge in [0.25, 0.3) is 0 Å². The average Bonchev–Trinajstić information content (AvgIpc) is 3.21. The van der Waals surface area contributed by atoms with Crippen LogP contribution in [0.2, 0.25) is 0 Å². The highest BCUT2D eigenvalue weighted by molar-refractivity contribution is 8.01. The molecule has 1 atom stereocenters. The van der Waals surface area contributed by atoms with Gasteiger partial charge in [0.15, 0.2) is 0 Å². The fraction of sp³-hybridized carbons (Fsp3) is 0.600. The lowest BCUT2D eigenvalue weighted by molar-refractivity contribution is -0.132. The van der Waals surface area contributed by atoms with Gasteiger partial charge in [0.1, 0.15) is 0 Å². The Labute approximate surface area is 181 Å². The van der Waals surface area contributed by atoms with Crippen molar-refractivity contribution in [3.05, 3.63) is 30.0 Å². The van der Waals surface area contributed by atoms with E-state index < -0.39 is 0 Å². The van der Waals surface area contributed by atoms with Gasteiger partial charge in [-0.1, -0.05) is 18.2 Å². The number of fused-ring (bicyclic) bond motifs is 1. The number of hydrogen-bond acceptors (Lipinski definition) is 6. The SMILES string of the molecule is CC1(C)SCC(=O)N1C(CCCN1CCNCC1)c1nsc2ccccc12.Cl. The van der Waals surface area contributed by atoms with Crippen molar-refractivity contribution in [3.63, 3.8) is 0 Å². The number of hydrogen-bond donors (Lipinski definition) is 1. The van der Waals surface area contributed by atoms with Crippen LogP contribution in [0, 0.1) is 0 Å². The molecule has 5 nitrogen and oxygen atoms in total. The summed E-state index contributed by atoms with van der Waals surface area (Å²) >= 11 is 3.29. The van der Waals surface area contributed by atoms with Crippen LogP contribution in [0.3, 0.4) is 0 Å². The van der Waals surface area contributed by atoms with Gasteiger partial charge < -0.3 is 15.1 Å². The van der Waals surface area contributed by atoms with Crippen LogP contribution >= 0.6 is 35.7 Å². The highest BCUT2D eigenvalue weighted by Gasteiger charge is 2.44. The van der Waals surface area contributed by atoms with E-state index in [1.807, 2.05) is 0 Å². The Morgan fingerprint density at radius 3 is 2.71 bits per heavy atom. The van der Waals surface area contributed by atoms with Gasteiger partial charge in [0, 0.05) is 31.6 Å². The summed E-state index contributed by atoms with van der Waals surface area (Å²) in [6.07, 6.45) is 2.05.